The van der Waals surface area contributed by atoms with Crippen LogP contribution in [0.3, 0.4) is 0 Å². The highest BCUT2D eigenvalue weighted by molar-refractivity contribution is 6.30. The van der Waals surface area contributed by atoms with Crippen LogP contribution in [0.5, 0.6) is 0 Å². The summed E-state index contributed by atoms with van der Waals surface area (Å²) in [6, 6.07) is 5.25. The molecule has 8 heteroatoms. The van der Waals surface area contributed by atoms with Gasteiger partial charge in [-0.2, -0.15) is 0 Å². The van der Waals surface area contributed by atoms with E-state index in [1.165, 1.54) is 0 Å². The number of allylic oxidation sites excluding steroid dienone is 4. The van der Waals surface area contributed by atoms with Crippen LogP contribution in [-0.2, 0) is 11.3 Å². The average molecular weight is 500 g/mol. The van der Waals surface area contributed by atoms with Gasteiger partial charge in [-0.1, -0.05) is 17.7 Å². The van der Waals surface area contributed by atoms with E-state index in [0.29, 0.717) is 23.9 Å². The van der Waals surface area contributed by atoms with Crippen LogP contribution in [0.25, 0.3) is 0 Å². The molecule has 0 spiro atoms. The fourth-order valence-electron chi connectivity index (χ4n) is 3.95. The molecule has 184 valence electrons. The van der Waals surface area contributed by atoms with Crippen molar-refractivity contribution < 1.29 is 18.6 Å². The van der Waals surface area contributed by atoms with Gasteiger partial charge in [0.25, 0.3) is 0 Å². The van der Waals surface area contributed by atoms with E-state index in [9.17, 15) is 13.9 Å². The van der Waals surface area contributed by atoms with Gasteiger partial charge >= 0.3 is 0 Å². The molecule has 2 aliphatic rings. The summed E-state index contributed by atoms with van der Waals surface area (Å²) in [7, 11) is 0. The first-order chi connectivity index (χ1) is 16.5. The van der Waals surface area contributed by atoms with E-state index in [1.807, 2.05) is 49.4 Å². The Morgan fingerprint density at radius 2 is 1.94 bits per heavy atom. The van der Waals surface area contributed by atoms with Crippen molar-refractivity contribution >= 4 is 23.1 Å². The van der Waals surface area contributed by atoms with Crippen molar-refractivity contribution in [2.75, 3.05) is 22.9 Å². The highest BCUT2D eigenvalue weighted by atomic mass is 35.5. The Kier molecular flexibility index (Phi) is 7.01. The fourth-order valence-corrected chi connectivity index (χ4v) is 4.18. The Labute approximate surface area is 209 Å². The summed E-state index contributed by atoms with van der Waals surface area (Å²) < 4.78 is 33.2. The van der Waals surface area contributed by atoms with Crippen molar-refractivity contribution in [1.82, 2.24) is 4.98 Å². The number of pyridine rings is 1. The summed E-state index contributed by atoms with van der Waals surface area (Å²) in [5.41, 5.74) is 2.88. The fraction of sp³-hybridized carbons (Fsp3) is 0.296. The number of hydrogen-bond donors (Lipinski definition) is 1. The molecule has 5 nitrogen and oxygen atoms in total. The first-order valence-corrected chi connectivity index (χ1v) is 11.7. The zero-order valence-corrected chi connectivity index (χ0v) is 20.9. The molecule has 1 aromatic carbocycles. The van der Waals surface area contributed by atoms with E-state index in [0.717, 1.165) is 46.5 Å². The van der Waals surface area contributed by atoms with Gasteiger partial charge in [0.2, 0.25) is 0 Å². The normalized spacial score (nSPS) is 16.5. The molecule has 1 aromatic heterocycles. The molecule has 35 heavy (non-hydrogen) atoms. The van der Waals surface area contributed by atoms with Gasteiger partial charge in [-0.3, -0.25) is 0 Å². The van der Waals surface area contributed by atoms with Crippen LogP contribution in [0, 0.1) is 18.6 Å². The van der Waals surface area contributed by atoms with Crippen LogP contribution >= 0.6 is 11.6 Å². The SMILES string of the molecule is CC1=CC(OCc2cc(F)ccc2F)=C(Cl)CN1c1cc(N2C=CC=C(C(C)(C)O)C2)ncc1C. The van der Waals surface area contributed by atoms with Crippen LogP contribution in [0.15, 0.2) is 77.0 Å². The third-order valence-corrected chi connectivity index (χ3v) is 6.36. The van der Waals surface area contributed by atoms with Crippen molar-refractivity contribution in [2.24, 2.45) is 0 Å². The molecule has 0 radical (unpaired) electrons. The minimum absolute atomic E-state index is 0.124. The number of benzene rings is 1. The maximum absolute atomic E-state index is 14.0. The largest absolute Gasteiger partial charge is 0.487 e. The van der Waals surface area contributed by atoms with Crippen LogP contribution < -0.4 is 9.80 Å². The Hall–Kier alpha value is -3.16. The lowest BCUT2D eigenvalue weighted by atomic mass is 9.96. The quantitative estimate of drug-likeness (QED) is 0.521. The molecule has 0 unspecified atom stereocenters. The molecule has 4 rings (SSSR count). The number of ether oxygens (including phenoxy) is 1. The number of anilines is 2. The van der Waals surface area contributed by atoms with E-state index >= 15 is 0 Å². The van der Waals surface area contributed by atoms with E-state index in [2.05, 4.69) is 9.88 Å². The monoisotopic (exact) mass is 499 g/mol. The molecule has 1 N–H and O–H groups in total. The highest BCUT2D eigenvalue weighted by Crippen LogP contribution is 2.34. The molecule has 2 aromatic rings. The number of nitrogens with zero attached hydrogens (tertiary/aromatic N) is 3. The number of rotatable bonds is 6. The smallest absolute Gasteiger partial charge is 0.137 e. The lowest BCUT2D eigenvalue weighted by Crippen LogP contribution is -2.33. The van der Waals surface area contributed by atoms with E-state index in [1.54, 1.807) is 19.9 Å². The number of aromatic nitrogens is 1. The number of hydrogen-bond acceptors (Lipinski definition) is 5. The Bertz CT molecular complexity index is 1260. The van der Waals surface area contributed by atoms with Crippen molar-refractivity contribution in [3.05, 3.63) is 99.7 Å². The van der Waals surface area contributed by atoms with Gasteiger partial charge in [-0.25, -0.2) is 13.8 Å². The highest BCUT2D eigenvalue weighted by Gasteiger charge is 2.25. The molecule has 0 bridgehead atoms. The molecular formula is C27H28ClF2N3O2. The summed E-state index contributed by atoms with van der Waals surface area (Å²) in [6.07, 6.45) is 9.35. The summed E-state index contributed by atoms with van der Waals surface area (Å²) in [5, 5.41) is 10.9. The van der Waals surface area contributed by atoms with Crippen LogP contribution in [0.1, 0.15) is 31.9 Å². The lowest BCUT2D eigenvalue weighted by molar-refractivity contribution is 0.118. The molecule has 0 saturated heterocycles. The summed E-state index contributed by atoms with van der Waals surface area (Å²) in [5.74, 6) is 0.114. The predicted octanol–water partition coefficient (Wildman–Crippen LogP) is 6.09. The third kappa shape index (κ3) is 5.57. The molecule has 0 saturated carbocycles. The maximum Gasteiger partial charge on any atom is 0.137 e. The second-order valence-corrected chi connectivity index (χ2v) is 9.67. The summed E-state index contributed by atoms with van der Waals surface area (Å²) >= 11 is 6.57. The van der Waals surface area contributed by atoms with E-state index in [4.69, 9.17) is 16.3 Å². The molecule has 3 heterocycles. The second-order valence-electron chi connectivity index (χ2n) is 9.21. The Balaban J connectivity index is 1.53. The van der Waals surface area contributed by atoms with Gasteiger partial charge in [0.05, 0.1) is 17.2 Å². The Morgan fingerprint density at radius 1 is 1.17 bits per heavy atom. The first-order valence-electron chi connectivity index (χ1n) is 11.3. The van der Waals surface area contributed by atoms with Gasteiger partial charge in [-0.05, 0) is 63.1 Å². The number of aliphatic hydroxyl groups is 1. The molecule has 0 aliphatic carbocycles. The van der Waals surface area contributed by atoms with Gasteiger partial charge in [0.15, 0.2) is 0 Å². The number of aryl methyl sites for hydroxylation is 1. The molecule has 0 amide bonds. The standard InChI is InChI=1S/C27H28ClF2N3O2/c1-17-13-31-26(32-9-5-6-20(14-32)27(3,4)34)12-24(17)33-15-22(28)25(10-18(33)2)35-16-19-11-21(29)7-8-23(19)30/h5-13,34H,14-16H2,1-4H3. The van der Waals surface area contributed by atoms with Gasteiger partial charge in [0, 0.05) is 48.0 Å². The zero-order valence-electron chi connectivity index (χ0n) is 20.1. The van der Waals surface area contributed by atoms with Crippen LogP contribution in [-0.4, -0.2) is 28.8 Å². The summed E-state index contributed by atoms with van der Waals surface area (Å²) in [4.78, 5) is 8.63. The third-order valence-electron chi connectivity index (χ3n) is 6.06. The van der Waals surface area contributed by atoms with Crippen molar-refractivity contribution in [2.45, 2.75) is 39.9 Å². The predicted molar refractivity (Wildman–Crippen MR) is 135 cm³/mol. The van der Waals surface area contributed by atoms with Crippen LogP contribution in [0.2, 0.25) is 0 Å². The topological polar surface area (TPSA) is 48.8 Å². The van der Waals surface area contributed by atoms with E-state index < -0.39 is 17.2 Å². The maximum atomic E-state index is 14.0. The second kappa shape index (κ2) is 9.84. The number of halogens is 3. The van der Waals surface area contributed by atoms with Crippen molar-refractivity contribution in [3.63, 3.8) is 0 Å². The molecule has 2 aliphatic heterocycles. The van der Waals surface area contributed by atoms with Gasteiger partial charge in [-0.15, -0.1) is 0 Å². The minimum Gasteiger partial charge on any atom is -0.487 e. The molecule has 0 atom stereocenters. The van der Waals surface area contributed by atoms with Crippen LogP contribution in [0.4, 0.5) is 20.3 Å². The van der Waals surface area contributed by atoms with Gasteiger partial charge < -0.3 is 19.6 Å². The van der Waals surface area contributed by atoms with E-state index in [-0.39, 0.29) is 12.2 Å². The Morgan fingerprint density at radius 3 is 2.69 bits per heavy atom. The average Bonchev–Trinajstić information content (AvgIpc) is 2.81. The van der Waals surface area contributed by atoms with Gasteiger partial charge in [0.1, 0.15) is 29.8 Å². The minimum atomic E-state index is -0.925. The van der Waals surface area contributed by atoms with Crippen molar-refractivity contribution in [3.8, 4) is 0 Å². The van der Waals surface area contributed by atoms with Crippen molar-refractivity contribution in [1.29, 1.82) is 0 Å². The molecular weight excluding hydrogens is 472 g/mol. The lowest BCUT2D eigenvalue weighted by Gasteiger charge is -2.33. The molecule has 0 fully saturated rings. The zero-order chi connectivity index (χ0) is 25.3. The first kappa shape index (κ1) is 24.9. The summed E-state index contributed by atoms with van der Waals surface area (Å²) in [6.45, 7) is 8.20.